The Hall–Kier alpha value is -3.19. The van der Waals surface area contributed by atoms with E-state index in [9.17, 15) is 14.7 Å². The number of nitrogens with zero attached hydrogens (tertiary/aromatic N) is 2. The Morgan fingerprint density at radius 3 is 2.61 bits per heavy atom. The molecule has 0 spiro atoms. The van der Waals surface area contributed by atoms with Gasteiger partial charge in [0.05, 0.1) is 24.5 Å². The van der Waals surface area contributed by atoms with Crippen LogP contribution >= 0.6 is 0 Å². The molecule has 1 saturated heterocycles. The van der Waals surface area contributed by atoms with E-state index in [-0.39, 0.29) is 24.5 Å². The van der Waals surface area contributed by atoms with Gasteiger partial charge in [-0.15, -0.1) is 0 Å². The first-order chi connectivity index (χ1) is 14.8. The van der Waals surface area contributed by atoms with Crippen molar-refractivity contribution in [1.82, 2.24) is 9.88 Å². The number of Topliss-reactive ketones (excluding diaryl/α,β-unsaturated/α-hetero) is 1. The highest BCUT2D eigenvalue weighted by atomic mass is 16.5. The first kappa shape index (κ1) is 22.5. The van der Waals surface area contributed by atoms with Gasteiger partial charge in [-0.3, -0.25) is 14.6 Å². The van der Waals surface area contributed by atoms with E-state index in [1.165, 1.54) is 12.0 Å². The number of hydrogen-bond donors (Lipinski definition) is 1. The van der Waals surface area contributed by atoms with Crippen LogP contribution in [0, 0.1) is 12.8 Å². The van der Waals surface area contributed by atoms with Crippen LogP contribution in [0.2, 0.25) is 0 Å². The SMILES string of the molecule is COCCN1C(=O)C(=O)/C(=C(\O)c2ccc(OCC(C)C)c(C)c2)C1c1ccccn1. The fraction of sp³-hybridized carbons (Fsp3) is 0.375. The van der Waals surface area contributed by atoms with Gasteiger partial charge in [-0.1, -0.05) is 19.9 Å². The predicted octanol–water partition coefficient (Wildman–Crippen LogP) is 3.49. The van der Waals surface area contributed by atoms with E-state index in [0.29, 0.717) is 29.5 Å². The van der Waals surface area contributed by atoms with E-state index < -0.39 is 17.7 Å². The molecule has 7 heteroatoms. The number of rotatable bonds is 8. The molecule has 0 radical (unpaired) electrons. The van der Waals surface area contributed by atoms with Crippen LogP contribution < -0.4 is 4.74 Å². The third kappa shape index (κ3) is 4.77. The highest BCUT2D eigenvalue weighted by Crippen LogP contribution is 2.38. The molecular formula is C24H28N2O5. The molecular weight excluding hydrogens is 396 g/mol. The second-order valence-corrected chi connectivity index (χ2v) is 7.93. The molecule has 0 saturated carbocycles. The summed E-state index contributed by atoms with van der Waals surface area (Å²) in [7, 11) is 1.53. The van der Waals surface area contributed by atoms with Crippen molar-refractivity contribution in [3.05, 3.63) is 65.0 Å². The first-order valence-electron chi connectivity index (χ1n) is 10.3. The lowest BCUT2D eigenvalue weighted by atomic mass is 9.97. The second kappa shape index (κ2) is 9.75. The summed E-state index contributed by atoms with van der Waals surface area (Å²) in [6.07, 6.45) is 1.59. The summed E-state index contributed by atoms with van der Waals surface area (Å²) < 4.78 is 10.9. The van der Waals surface area contributed by atoms with Gasteiger partial charge in [0.25, 0.3) is 11.7 Å². The monoisotopic (exact) mass is 424 g/mol. The van der Waals surface area contributed by atoms with E-state index in [4.69, 9.17) is 9.47 Å². The Labute approximate surface area is 182 Å². The van der Waals surface area contributed by atoms with Gasteiger partial charge >= 0.3 is 0 Å². The number of aliphatic hydroxyl groups excluding tert-OH is 1. The van der Waals surface area contributed by atoms with Crippen molar-refractivity contribution in [2.75, 3.05) is 26.9 Å². The van der Waals surface area contributed by atoms with E-state index in [2.05, 4.69) is 18.8 Å². The maximum atomic E-state index is 12.9. The number of carbonyl (C=O) groups excluding carboxylic acids is 2. The van der Waals surface area contributed by atoms with Crippen molar-refractivity contribution in [3.8, 4) is 5.75 Å². The average Bonchev–Trinajstić information content (AvgIpc) is 3.01. The van der Waals surface area contributed by atoms with Gasteiger partial charge in [-0.25, -0.2) is 0 Å². The molecule has 1 aliphatic rings. The molecule has 31 heavy (non-hydrogen) atoms. The largest absolute Gasteiger partial charge is 0.507 e. The average molecular weight is 424 g/mol. The Morgan fingerprint density at radius 1 is 1.23 bits per heavy atom. The molecule has 1 N–H and O–H groups in total. The third-order valence-corrected chi connectivity index (χ3v) is 5.06. The Kier molecular flexibility index (Phi) is 7.07. The molecule has 164 valence electrons. The Morgan fingerprint density at radius 2 is 2.00 bits per heavy atom. The lowest BCUT2D eigenvalue weighted by molar-refractivity contribution is -0.140. The zero-order valence-electron chi connectivity index (χ0n) is 18.3. The van der Waals surface area contributed by atoms with Crippen LogP contribution in [0.3, 0.4) is 0 Å². The fourth-order valence-electron chi connectivity index (χ4n) is 3.52. The number of aliphatic hydroxyl groups is 1. The molecule has 0 bridgehead atoms. The van der Waals surface area contributed by atoms with Crippen molar-refractivity contribution in [1.29, 1.82) is 0 Å². The summed E-state index contributed by atoms with van der Waals surface area (Å²) in [5.74, 6) is -0.543. The minimum atomic E-state index is -0.784. The van der Waals surface area contributed by atoms with Crippen LogP contribution in [0.5, 0.6) is 5.75 Å². The van der Waals surface area contributed by atoms with Gasteiger partial charge in [-0.2, -0.15) is 0 Å². The van der Waals surface area contributed by atoms with Crippen LogP contribution in [0.15, 0.2) is 48.2 Å². The quantitative estimate of drug-likeness (QED) is 0.396. The summed E-state index contributed by atoms with van der Waals surface area (Å²) in [6.45, 7) is 7.05. The van der Waals surface area contributed by atoms with Gasteiger partial charge < -0.3 is 19.5 Å². The molecule has 7 nitrogen and oxygen atoms in total. The van der Waals surface area contributed by atoms with Crippen molar-refractivity contribution in [2.45, 2.75) is 26.8 Å². The topological polar surface area (TPSA) is 89.0 Å². The summed E-state index contributed by atoms with van der Waals surface area (Å²) in [5, 5.41) is 11.1. The number of pyridine rings is 1. The minimum absolute atomic E-state index is 0.0232. The maximum Gasteiger partial charge on any atom is 0.295 e. The Bertz CT molecular complexity index is 985. The van der Waals surface area contributed by atoms with Crippen LogP contribution in [0.25, 0.3) is 5.76 Å². The number of ketones is 1. The summed E-state index contributed by atoms with van der Waals surface area (Å²) in [6, 6.07) is 9.70. The fourth-order valence-corrected chi connectivity index (χ4v) is 3.52. The molecule has 2 heterocycles. The highest BCUT2D eigenvalue weighted by Gasteiger charge is 2.46. The summed E-state index contributed by atoms with van der Waals surface area (Å²) in [4.78, 5) is 31.4. The van der Waals surface area contributed by atoms with Gasteiger partial charge in [-0.05, 0) is 48.7 Å². The van der Waals surface area contributed by atoms with Crippen LogP contribution in [-0.4, -0.2) is 53.5 Å². The molecule has 1 fully saturated rings. The molecule has 1 amide bonds. The van der Waals surface area contributed by atoms with Crippen molar-refractivity contribution >= 4 is 17.4 Å². The number of methoxy groups -OCH3 is 1. The smallest absolute Gasteiger partial charge is 0.295 e. The van der Waals surface area contributed by atoms with Crippen LogP contribution in [0.4, 0.5) is 0 Å². The number of hydrogen-bond acceptors (Lipinski definition) is 6. The molecule has 1 aromatic heterocycles. The molecule has 1 unspecified atom stereocenters. The van der Waals surface area contributed by atoms with Gasteiger partial charge in [0, 0.05) is 25.4 Å². The predicted molar refractivity (Wildman–Crippen MR) is 117 cm³/mol. The van der Waals surface area contributed by atoms with E-state index in [1.54, 1.807) is 42.6 Å². The standard InChI is InChI=1S/C24H28N2O5/c1-15(2)14-31-19-9-8-17(13-16(19)3)22(27)20-21(18-7-5-6-10-25-18)26(11-12-30-4)24(29)23(20)28/h5-10,13,15,21,27H,11-12,14H2,1-4H3/b22-20-. The third-order valence-electron chi connectivity index (χ3n) is 5.06. The number of likely N-dealkylation sites (tertiary alicyclic amines) is 1. The highest BCUT2D eigenvalue weighted by molar-refractivity contribution is 6.46. The van der Waals surface area contributed by atoms with Crippen molar-refractivity contribution < 1.29 is 24.2 Å². The first-order valence-corrected chi connectivity index (χ1v) is 10.3. The molecule has 1 atom stereocenters. The summed E-state index contributed by atoms with van der Waals surface area (Å²) >= 11 is 0. The maximum absolute atomic E-state index is 12.9. The van der Waals surface area contributed by atoms with Gasteiger partial charge in [0.2, 0.25) is 0 Å². The number of amides is 1. The number of aryl methyl sites for hydroxylation is 1. The van der Waals surface area contributed by atoms with Gasteiger partial charge in [0.15, 0.2) is 0 Å². The molecule has 1 aliphatic heterocycles. The molecule has 3 rings (SSSR count). The number of ether oxygens (including phenoxy) is 2. The number of benzene rings is 1. The van der Waals surface area contributed by atoms with Gasteiger partial charge in [0.1, 0.15) is 17.6 Å². The van der Waals surface area contributed by atoms with E-state index in [0.717, 1.165) is 5.56 Å². The molecule has 0 aliphatic carbocycles. The van der Waals surface area contributed by atoms with Crippen LogP contribution in [-0.2, 0) is 14.3 Å². The lowest BCUT2D eigenvalue weighted by Crippen LogP contribution is -2.33. The lowest BCUT2D eigenvalue weighted by Gasteiger charge is -2.24. The van der Waals surface area contributed by atoms with Crippen LogP contribution in [0.1, 0.15) is 36.7 Å². The molecule has 2 aromatic rings. The number of aromatic nitrogens is 1. The minimum Gasteiger partial charge on any atom is -0.507 e. The van der Waals surface area contributed by atoms with Crippen molar-refractivity contribution in [3.63, 3.8) is 0 Å². The van der Waals surface area contributed by atoms with E-state index >= 15 is 0 Å². The summed E-state index contributed by atoms with van der Waals surface area (Å²) in [5.41, 5.74) is 1.80. The van der Waals surface area contributed by atoms with E-state index in [1.807, 2.05) is 6.92 Å². The zero-order valence-corrected chi connectivity index (χ0v) is 18.3. The Balaban J connectivity index is 2.05. The second-order valence-electron chi connectivity index (χ2n) is 7.93. The van der Waals surface area contributed by atoms with Crippen molar-refractivity contribution in [2.24, 2.45) is 5.92 Å². The molecule has 1 aromatic carbocycles. The normalized spacial score (nSPS) is 18.1. The zero-order chi connectivity index (χ0) is 22.5. The number of carbonyl (C=O) groups is 2.